The van der Waals surface area contributed by atoms with E-state index in [4.69, 9.17) is 16.3 Å². The van der Waals surface area contributed by atoms with Crippen LogP contribution < -0.4 is 9.46 Å². The van der Waals surface area contributed by atoms with Gasteiger partial charge >= 0.3 is 6.01 Å². The molecule has 0 aliphatic heterocycles. The van der Waals surface area contributed by atoms with Crippen molar-refractivity contribution in [2.45, 2.75) is 45.2 Å². The van der Waals surface area contributed by atoms with Crippen LogP contribution in [0.3, 0.4) is 0 Å². The Morgan fingerprint density at radius 1 is 1.16 bits per heavy atom. The second-order valence-electron chi connectivity index (χ2n) is 7.62. The highest BCUT2D eigenvalue weighted by atomic mass is 35.5. The predicted octanol–water partition coefficient (Wildman–Crippen LogP) is 4.88. The van der Waals surface area contributed by atoms with E-state index in [9.17, 15) is 8.42 Å². The number of ether oxygens (including phenoxy) is 1. The van der Waals surface area contributed by atoms with Crippen LogP contribution in [0, 0.1) is 13.8 Å². The van der Waals surface area contributed by atoms with Crippen LogP contribution >= 0.6 is 11.6 Å². The SMILES string of the molecule is CCn1c(Oc2ccc3cc[nH]c3c2)nnc1[C@@H](C)NS(=O)(=O)c1cc(C)c(Cl)cc1C. The minimum Gasteiger partial charge on any atom is -0.424 e. The number of H-pyrrole nitrogens is 1. The molecule has 0 bridgehead atoms. The molecule has 0 saturated heterocycles. The summed E-state index contributed by atoms with van der Waals surface area (Å²) in [5.41, 5.74) is 2.21. The van der Waals surface area contributed by atoms with E-state index in [0.717, 1.165) is 10.9 Å². The minimum atomic E-state index is -3.80. The second kappa shape index (κ2) is 8.57. The van der Waals surface area contributed by atoms with Crippen LogP contribution in [0.15, 0.2) is 47.5 Å². The first-order valence-corrected chi connectivity index (χ1v) is 12.0. The largest absolute Gasteiger partial charge is 0.424 e. The fourth-order valence-corrected chi connectivity index (χ4v) is 5.31. The normalized spacial score (nSPS) is 12.9. The molecule has 0 aliphatic rings. The van der Waals surface area contributed by atoms with Crippen LogP contribution in [0.2, 0.25) is 5.02 Å². The molecule has 0 radical (unpaired) electrons. The molecule has 2 heterocycles. The molecule has 2 N–H and O–H groups in total. The highest BCUT2D eigenvalue weighted by molar-refractivity contribution is 7.89. The van der Waals surface area contributed by atoms with Crippen molar-refractivity contribution in [1.29, 1.82) is 0 Å². The summed E-state index contributed by atoms with van der Waals surface area (Å²) in [6.07, 6.45) is 1.86. The summed E-state index contributed by atoms with van der Waals surface area (Å²) in [4.78, 5) is 3.33. The van der Waals surface area contributed by atoms with Crippen molar-refractivity contribution in [3.63, 3.8) is 0 Å². The first-order valence-electron chi connectivity index (χ1n) is 10.2. The van der Waals surface area contributed by atoms with E-state index in [1.54, 1.807) is 37.5 Å². The van der Waals surface area contributed by atoms with Gasteiger partial charge in [-0.2, -0.15) is 0 Å². The van der Waals surface area contributed by atoms with E-state index in [0.29, 0.717) is 34.3 Å². The van der Waals surface area contributed by atoms with Gasteiger partial charge < -0.3 is 9.72 Å². The van der Waals surface area contributed by atoms with Gasteiger partial charge in [-0.1, -0.05) is 16.7 Å². The summed E-state index contributed by atoms with van der Waals surface area (Å²) in [5.74, 6) is 1.06. The van der Waals surface area contributed by atoms with Crippen molar-refractivity contribution in [3.8, 4) is 11.8 Å². The van der Waals surface area contributed by atoms with Gasteiger partial charge in [0.05, 0.1) is 10.9 Å². The van der Waals surface area contributed by atoms with Crippen LogP contribution in [-0.4, -0.2) is 28.2 Å². The molecule has 2 aromatic heterocycles. The summed E-state index contributed by atoms with van der Waals surface area (Å²) in [7, 11) is -3.80. The lowest BCUT2D eigenvalue weighted by molar-refractivity contribution is 0.408. The molecule has 0 amide bonds. The summed E-state index contributed by atoms with van der Waals surface area (Å²) in [5, 5.41) is 9.95. The molecule has 32 heavy (non-hydrogen) atoms. The van der Waals surface area contributed by atoms with Gasteiger partial charge in [-0.05, 0) is 74.5 Å². The van der Waals surface area contributed by atoms with Gasteiger partial charge in [0.2, 0.25) is 10.0 Å². The molecule has 0 aliphatic carbocycles. The van der Waals surface area contributed by atoms with E-state index in [1.807, 2.05) is 37.4 Å². The molecule has 8 nitrogen and oxygen atoms in total. The number of aromatic nitrogens is 4. The Morgan fingerprint density at radius 3 is 2.69 bits per heavy atom. The number of sulfonamides is 1. The van der Waals surface area contributed by atoms with Gasteiger partial charge in [0.1, 0.15) is 5.75 Å². The Bertz CT molecular complexity index is 1390. The average Bonchev–Trinajstić information content (AvgIpc) is 3.36. The average molecular weight is 474 g/mol. The number of halogens is 1. The molecule has 4 rings (SSSR count). The maximum absolute atomic E-state index is 13.1. The lowest BCUT2D eigenvalue weighted by Gasteiger charge is -2.17. The van der Waals surface area contributed by atoms with Gasteiger partial charge in [-0.15, -0.1) is 5.10 Å². The van der Waals surface area contributed by atoms with Gasteiger partial charge in [-0.25, -0.2) is 13.1 Å². The van der Waals surface area contributed by atoms with Gasteiger partial charge in [0.25, 0.3) is 0 Å². The number of aryl methyl sites for hydroxylation is 2. The number of fused-ring (bicyclic) bond motifs is 1. The molecule has 0 spiro atoms. The lowest BCUT2D eigenvalue weighted by Crippen LogP contribution is -2.29. The Morgan fingerprint density at radius 2 is 1.94 bits per heavy atom. The van der Waals surface area contributed by atoms with Crippen molar-refractivity contribution in [3.05, 3.63) is 64.6 Å². The van der Waals surface area contributed by atoms with E-state index in [2.05, 4.69) is 19.9 Å². The van der Waals surface area contributed by atoms with Crippen LogP contribution in [0.25, 0.3) is 10.9 Å². The highest BCUT2D eigenvalue weighted by Gasteiger charge is 2.25. The number of nitrogens with one attached hydrogen (secondary N) is 2. The second-order valence-corrected chi connectivity index (χ2v) is 9.71. The topological polar surface area (TPSA) is 102 Å². The third-order valence-electron chi connectivity index (χ3n) is 5.26. The third-order valence-corrected chi connectivity index (χ3v) is 7.35. The summed E-state index contributed by atoms with van der Waals surface area (Å²) >= 11 is 6.12. The predicted molar refractivity (Wildman–Crippen MR) is 124 cm³/mol. The Labute approximate surface area is 191 Å². The molecule has 0 saturated carbocycles. The molecule has 2 aromatic carbocycles. The van der Waals surface area contributed by atoms with E-state index in [1.165, 1.54) is 0 Å². The molecule has 10 heteroatoms. The van der Waals surface area contributed by atoms with Crippen LogP contribution in [0.4, 0.5) is 0 Å². The summed E-state index contributed by atoms with van der Waals surface area (Å²) in [6.45, 7) is 7.63. The fourth-order valence-electron chi connectivity index (χ4n) is 3.58. The monoisotopic (exact) mass is 473 g/mol. The van der Waals surface area contributed by atoms with E-state index in [-0.39, 0.29) is 10.9 Å². The zero-order chi connectivity index (χ0) is 23.0. The zero-order valence-electron chi connectivity index (χ0n) is 18.2. The summed E-state index contributed by atoms with van der Waals surface area (Å²) < 4.78 is 36.5. The van der Waals surface area contributed by atoms with E-state index >= 15 is 0 Å². The minimum absolute atomic E-state index is 0.185. The number of hydrogen-bond acceptors (Lipinski definition) is 5. The Hall–Kier alpha value is -2.88. The molecule has 1 atom stereocenters. The third kappa shape index (κ3) is 4.23. The van der Waals surface area contributed by atoms with E-state index < -0.39 is 16.1 Å². The van der Waals surface area contributed by atoms with Crippen molar-refractivity contribution < 1.29 is 13.2 Å². The lowest BCUT2D eigenvalue weighted by atomic mass is 10.2. The smallest absolute Gasteiger partial charge is 0.322 e. The quantitative estimate of drug-likeness (QED) is 0.398. The highest BCUT2D eigenvalue weighted by Crippen LogP contribution is 2.28. The fraction of sp³-hybridized carbons (Fsp3) is 0.273. The van der Waals surface area contributed by atoms with Crippen LogP contribution in [0.1, 0.15) is 36.8 Å². The number of nitrogens with zero attached hydrogens (tertiary/aromatic N) is 3. The standard InChI is InChI=1S/C22H24ClN5O3S/c1-5-28-21(15(4)27-32(29,30)20-11-13(2)18(23)10-14(20)3)25-26-22(28)31-17-7-6-16-8-9-24-19(16)12-17/h6-12,15,24,27H,5H2,1-4H3/t15-/m1/s1. The molecule has 4 aromatic rings. The number of benzene rings is 2. The van der Waals surface area contributed by atoms with Crippen molar-refractivity contribution in [2.75, 3.05) is 0 Å². The van der Waals surface area contributed by atoms with Crippen molar-refractivity contribution in [1.82, 2.24) is 24.5 Å². The van der Waals surface area contributed by atoms with Crippen LogP contribution in [-0.2, 0) is 16.6 Å². The van der Waals surface area contributed by atoms with Gasteiger partial charge in [0, 0.05) is 29.3 Å². The maximum Gasteiger partial charge on any atom is 0.322 e. The molecule has 168 valence electrons. The Balaban J connectivity index is 1.59. The molecular formula is C22H24ClN5O3S. The molecule has 0 unspecified atom stereocenters. The maximum atomic E-state index is 13.1. The number of aromatic amines is 1. The summed E-state index contributed by atoms with van der Waals surface area (Å²) in [6, 6.07) is 10.5. The van der Waals surface area contributed by atoms with Crippen molar-refractivity contribution >= 4 is 32.5 Å². The Kier molecular flexibility index (Phi) is 5.98. The van der Waals surface area contributed by atoms with Crippen molar-refractivity contribution in [2.24, 2.45) is 0 Å². The first kappa shape index (κ1) is 22.3. The molecule has 0 fully saturated rings. The number of rotatable bonds is 7. The van der Waals surface area contributed by atoms with Crippen LogP contribution in [0.5, 0.6) is 11.8 Å². The number of hydrogen-bond donors (Lipinski definition) is 2. The van der Waals surface area contributed by atoms with Gasteiger partial charge in [0.15, 0.2) is 5.82 Å². The first-order chi connectivity index (χ1) is 15.2. The zero-order valence-corrected chi connectivity index (χ0v) is 19.8. The molecular weight excluding hydrogens is 450 g/mol. The van der Waals surface area contributed by atoms with Gasteiger partial charge in [-0.3, -0.25) is 4.57 Å².